The predicted octanol–water partition coefficient (Wildman–Crippen LogP) is -0.707. The van der Waals surface area contributed by atoms with Crippen LogP contribution in [0.25, 0.3) is 0 Å². The van der Waals surface area contributed by atoms with E-state index >= 15 is 0 Å². The number of ether oxygens (including phenoxy) is 2. The van der Waals surface area contributed by atoms with Gasteiger partial charge in [0.1, 0.15) is 0 Å². The van der Waals surface area contributed by atoms with E-state index in [1.165, 1.54) is 0 Å². The van der Waals surface area contributed by atoms with E-state index in [1.807, 2.05) is 0 Å². The zero-order chi connectivity index (χ0) is 7.61. The third kappa shape index (κ3) is 2.61. The van der Waals surface area contributed by atoms with Crippen LogP contribution < -0.4 is 0 Å². The highest BCUT2D eigenvalue weighted by Crippen LogP contribution is 2.07. The Morgan fingerprint density at radius 3 is 2.30 bits per heavy atom. The zero-order valence-corrected chi connectivity index (χ0v) is 6.26. The molecule has 0 saturated carbocycles. The van der Waals surface area contributed by atoms with Gasteiger partial charge in [-0.2, -0.15) is 8.42 Å². The van der Waals surface area contributed by atoms with Gasteiger partial charge in [-0.15, -0.1) is 0 Å². The van der Waals surface area contributed by atoms with Crippen LogP contribution in [-0.4, -0.2) is 34.4 Å². The Hall–Kier alpha value is -0.170. The first-order valence-electron chi connectivity index (χ1n) is 2.69. The van der Waals surface area contributed by atoms with Gasteiger partial charge in [0, 0.05) is 0 Å². The van der Waals surface area contributed by atoms with Gasteiger partial charge in [-0.05, 0) is 0 Å². The van der Waals surface area contributed by atoms with Crippen LogP contribution in [0.1, 0.15) is 0 Å². The van der Waals surface area contributed by atoms with E-state index < -0.39 is 16.6 Å². The molecule has 6 heteroatoms. The van der Waals surface area contributed by atoms with E-state index in [2.05, 4.69) is 4.18 Å². The fourth-order valence-electron chi connectivity index (χ4n) is 0.535. The molecule has 0 aromatic heterocycles. The van der Waals surface area contributed by atoms with Crippen LogP contribution in [0.5, 0.6) is 0 Å². The predicted molar refractivity (Wildman–Crippen MR) is 31.6 cm³/mol. The number of rotatable bonds is 2. The van der Waals surface area contributed by atoms with Crippen molar-refractivity contribution in [3.63, 3.8) is 0 Å². The van der Waals surface area contributed by atoms with Crippen LogP contribution in [0, 0.1) is 0 Å². The molecule has 0 amide bonds. The molecule has 5 nitrogen and oxygen atoms in total. The molecule has 1 heterocycles. The maximum Gasteiger partial charge on any atom is 0.287 e. The summed E-state index contributed by atoms with van der Waals surface area (Å²) in [6, 6.07) is 0. The monoisotopic (exact) mass is 168 g/mol. The highest BCUT2D eigenvalue weighted by atomic mass is 32.2. The lowest BCUT2D eigenvalue weighted by Gasteiger charge is -2.05. The van der Waals surface area contributed by atoms with Crippen molar-refractivity contribution in [1.29, 1.82) is 0 Å². The third-order valence-corrected chi connectivity index (χ3v) is 1.35. The first-order valence-corrected chi connectivity index (χ1v) is 4.51. The first-order chi connectivity index (χ1) is 4.58. The molecule has 0 atom stereocenters. The Bertz CT molecular complexity index is 190. The summed E-state index contributed by atoms with van der Waals surface area (Å²) < 4.78 is 34.5. The van der Waals surface area contributed by atoms with Crippen LogP contribution in [0.3, 0.4) is 0 Å². The highest BCUT2D eigenvalue weighted by Gasteiger charge is 2.20. The third-order valence-electron chi connectivity index (χ3n) is 0.845. The molecule has 0 bridgehead atoms. The van der Waals surface area contributed by atoms with Crippen LogP contribution in [0.15, 0.2) is 0 Å². The first kappa shape index (κ1) is 7.93. The van der Waals surface area contributed by atoms with E-state index in [4.69, 9.17) is 9.47 Å². The van der Waals surface area contributed by atoms with E-state index in [-0.39, 0.29) is 0 Å². The van der Waals surface area contributed by atoms with Crippen LogP contribution in [0.4, 0.5) is 0 Å². The van der Waals surface area contributed by atoms with E-state index in [0.29, 0.717) is 13.2 Å². The minimum Gasteiger partial charge on any atom is -0.327 e. The average Bonchev–Trinajstić information content (AvgIpc) is 2.12. The molecular weight excluding hydrogens is 160 g/mol. The second-order valence-electron chi connectivity index (χ2n) is 1.83. The fourth-order valence-corrected chi connectivity index (χ4v) is 0.932. The molecule has 0 aromatic carbocycles. The van der Waals surface area contributed by atoms with Gasteiger partial charge in [0.05, 0.1) is 19.5 Å². The second kappa shape index (κ2) is 2.83. The Balaban J connectivity index is 2.38. The van der Waals surface area contributed by atoms with Crippen LogP contribution >= 0.6 is 0 Å². The molecule has 10 heavy (non-hydrogen) atoms. The van der Waals surface area contributed by atoms with Crippen molar-refractivity contribution in [2.24, 2.45) is 0 Å². The van der Waals surface area contributed by atoms with Crippen LogP contribution in [0.2, 0.25) is 0 Å². The molecule has 1 fully saturated rings. The molecule has 60 valence electrons. The Morgan fingerprint density at radius 1 is 1.40 bits per heavy atom. The summed E-state index contributed by atoms with van der Waals surface area (Å²) >= 11 is 0. The molecule has 0 aromatic rings. The SMILES string of the molecule is CS(=O)(=O)OC1OCCO1. The van der Waals surface area contributed by atoms with Crippen molar-refractivity contribution in [3.05, 3.63) is 0 Å². The largest absolute Gasteiger partial charge is 0.327 e. The van der Waals surface area contributed by atoms with E-state index in [9.17, 15) is 8.42 Å². The summed E-state index contributed by atoms with van der Waals surface area (Å²) in [6.45, 7) is -0.282. The molecule has 0 spiro atoms. The van der Waals surface area contributed by atoms with Gasteiger partial charge >= 0.3 is 0 Å². The second-order valence-corrected chi connectivity index (χ2v) is 3.43. The summed E-state index contributed by atoms with van der Waals surface area (Å²) in [5.41, 5.74) is 0. The summed E-state index contributed by atoms with van der Waals surface area (Å²) in [7, 11) is -3.46. The fraction of sp³-hybridized carbons (Fsp3) is 1.00. The smallest absolute Gasteiger partial charge is 0.287 e. The Kier molecular flexibility index (Phi) is 2.24. The van der Waals surface area contributed by atoms with Crippen LogP contribution in [-0.2, 0) is 23.8 Å². The van der Waals surface area contributed by atoms with Crippen molar-refractivity contribution >= 4 is 10.1 Å². The van der Waals surface area contributed by atoms with E-state index in [0.717, 1.165) is 6.26 Å². The lowest BCUT2D eigenvalue weighted by molar-refractivity contribution is -0.172. The Morgan fingerprint density at radius 2 is 1.90 bits per heavy atom. The zero-order valence-electron chi connectivity index (χ0n) is 5.44. The lowest BCUT2D eigenvalue weighted by atomic mass is 10.8. The van der Waals surface area contributed by atoms with Gasteiger partial charge in [-0.1, -0.05) is 0 Å². The summed E-state index contributed by atoms with van der Waals surface area (Å²) in [4.78, 5) is 0. The lowest BCUT2D eigenvalue weighted by Crippen LogP contribution is -2.17. The molecule has 0 unspecified atom stereocenters. The van der Waals surface area contributed by atoms with Crippen molar-refractivity contribution in [1.82, 2.24) is 0 Å². The number of hydrogen-bond donors (Lipinski definition) is 0. The maximum absolute atomic E-state index is 10.4. The van der Waals surface area contributed by atoms with Gasteiger partial charge in [0.25, 0.3) is 16.6 Å². The minimum atomic E-state index is -3.46. The minimum absolute atomic E-state index is 0.375. The number of hydrogen-bond acceptors (Lipinski definition) is 5. The quantitative estimate of drug-likeness (QED) is 0.510. The van der Waals surface area contributed by atoms with Gasteiger partial charge < -0.3 is 9.47 Å². The normalized spacial score (nSPS) is 21.7. The van der Waals surface area contributed by atoms with Crippen molar-refractivity contribution in [2.45, 2.75) is 6.48 Å². The topological polar surface area (TPSA) is 61.8 Å². The summed E-state index contributed by atoms with van der Waals surface area (Å²) in [5, 5.41) is 0. The molecule has 1 rings (SSSR count). The van der Waals surface area contributed by atoms with Gasteiger partial charge in [0.2, 0.25) is 0 Å². The van der Waals surface area contributed by atoms with Crippen molar-refractivity contribution in [3.8, 4) is 0 Å². The molecule has 0 aliphatic carbocycles. The molecule has 0 N–H and O–H groups in total. The summed E-state index contributed by atoms with van der Waals surface area (Å²) in [6.07, 6.45) is 0.942. The molecule has 1 aliphatic rings. The average molecular weight is 168 g/mol. The molecule has 1 aliphatic heterocycles. The highest BCUT2D eigenvalue weighted by molar-refractivity contribution is 7.86. The van der Waals surface area contributed by atoms with Gasteiger partial charge in [-0.3, -0.25) is 0 Å². The van der Waals surface area contributed by atoms with E-state index in [1.54, 1.807) is 0 Å². The van der Waals surface area contributed by atoms with Crippen molar-refractivity contribution in [2.75, 3.05) is 19.5 Å². The standard InChI is InChI=1S/C4H8O5S/c1-10(5,6)9-4-7-2-3-8-4/h4H,2-3H2,1H3. The summed E-state index contributed by atoms with van der Waals surface area (Å²) in [5.74, 6) is 0. The molecule has 1 saturated heterocycles. The molecule has 0 radical (unpaired) electrons. The van der Waals surface area contributed by atoms with Gasteiger partial charge in [-0.25, -0.2) is 4.18 Å². The maximum atomic E-state index is 10.4. The van der Waals surface area contributed by atoms with Gasteiger partial charge in [0.15, 0.2) is 0 Å². The Labute approximate surface area is 59.0 Å². The van der Waals surface area contributed by atoms with Crippen molar-refractivity contribution < 1.29 is 22.1 Å². The molecular formula is C4H8O5S.